The highest BCUT2D eigenvalue weighted by Gasteiger charge is 2.32. The van der Waals surface area contributed by atoms with E-state index < -0.39 is 31.7 Å². The van der Waals surface area contributed by atoms with Gasteiger partial charge in [-0.2, -0.15) is 0 Å². The Bertz CT molecular complexity index is 1690. The van der Waals surface area contributed by atoms with Crippen molar-refractivity contribution in [3.8, 4) is 0 Å². The summed E-state index contributed by atoms with van der Waals surface area (Å²) in [5.41, 5.74) is 1.20. The summed E-state index contributed by atoms with van der Waals surface area (Å²) in [5.74, 6) is -0.160. The lowest BCUT2D eigenvalue weighted by atomic mass is 10.1. The molecule has 224 valence electrons. The maximum atomic E-state index is 14.2. The lowest BCUT2D eigenvalue weighted by molar-refractivity contribution is 0.0545. The van der Waals surface area contributed by atoms with E-state index in [2.05, 4.69) is 5.32 Å². The minimum atomic E-state index is -4.29. The van der Waals surface area contributed by atoms with Crippen LogP contribution in [0, 0.1) is 13.8 Å². The highest BCUT2D eigenvalue weighted by Crippen LogP contribution is 2.32. The molecule has 1 N–H and O–H groups in total. The Morgan fingerprint density at radius 3 is 1.83 bits per heavy atom. The van der Waals surface area contributed by atoms with Crippen molar-refractivity contribution in [1.29, 1.82) is 0 Å². The third kappa shape index (κ3) is 7.59. The molecule has 0 saturated heterocycles. The number of hydrogen-bond acceptors (Lipinski definition) is 6. The molecule has 0 bridgehead atoms. The number of aryl methyl sites for hydroxylation is 1. The van der Waals surface area contributed by atoms with Gasteiger partial charge in [-0.1, -0.05) is 48.5 Å². The molecule has 0 unspecified atom stereocenters. The molecule has 0 heterocycles. The van der Waals surface area contributed by atoms with Gasteiger partial charge in [-0.05, 0) is 95.2 Å². The van der Waals surface area contributed by atoms with Crippen LogP contribution < -0.4 is 9.62 Å². The van der Waals surface area contributed by atoms with Gasteiger partial charge in [0.15, 0.2) is 0 Å². The SMILES string of the molecule is C/C(=C\C=C(\NC(=O)OC(C)(C)C)N(c1cccc(C)c1C)S(=O)(=O)c1ccccc1)N(C)S(=O)(=O)c1ccccc1. The second-order valence-electron chi connectivity index (χ2n) is 10.6. The van der Waals surface area contributed by atoms with E-state index in [4.69, 9.17) is 4.74 Å². The molecule has 1 amide bonds. The number of amides is 1. The summed E-state index contributed by atoms with van der Waals surface area (Å²) in [4.78, 5) is 13.1. The number of carbonyl (C=O) groups excluding carboxylic acids is 1. The Kier molecular flexibility index (Phi) is 9.90. The van der Waals surface area contributed by atoms with Crippen molar-refractivity contribution in [3.05, 3.63) is 114 Å². The number of nitrogens with one attached hydrogen (secondary N) is 1. The van der Waals surface area contributed by atoms with Gasteiger partial charge < -0.3 is 4.74 Å². The highest BCUT2D eigenvalue weighted by molar-refractivity contribution is 7.93. The monoisotopic (exact) mass is 611 g/mol. The van der Waals surface area contributed by atoms with E-state index in [-0.39, 0.29) is 21.3 Å². The zero-order valence-corrected chi connectivity index (χ0v) is 26.5. The molecule has 9 nitrogen and oxygen atoms in total. The van der Waals surface area contributed by atoms with Crippen molar-refractivity contribution in [3.63, 3.8) is 0 Å². The second kappa shape index (κ2) is 12.8. The normalized spacial score (nSPS) is 12.9. The van der Waals surface area contributed by atoms with Crippen LogP contribution in [0.5, 0.6) is 0 Å². The van der Waals surface area contributed by atoms with Crippen molar-refractivity contribution in [2.45, 2.75) is 56.9 Å². The Morgan fingerprint density at radius 2 is 1.31 bits per heavy atom. The summed E-state index contributed by atoms with van der Waals surface area (Å²) in [5, 5.41) is 2.59. The first-order chi connectivity index (χ1) is 19.6. The van der Waals surface area contributed by atoms with Crippen LogP contribution in [0.25, 0.3) is 0 Å². The molecule has 3 aromatic rings. The first kappa shape index (κ1) is 32.4. The number of carbonyl (C=O) groups is 1. The zero-order valence-electron chi connectivity index (χ0n) is 24.8. The predicted molar refractivity (Wildman–Crippen MR) is 165 cm³/mol. The van der Waals surface area contributed by atoms with Crippen molar-refractivity contribution in [2.24, 2.45) is 0 Å². The smallest absolute Gasteiger partial charge is 0.413 e. The number of benzene rings is 3. The van der Waals surface area contributed by atoms with Crippen molar-refractivity contribution >= 4 is 31.8 Å². The average Bonchev–Trinajstić information content (AvgIpc) is 2.93. The van der Waals surface area contributed by atoms with Gasteiger partial charge >= 0.3 is 6.09 Å². The first-order valence-corrected chi connectivity index (χ1v) is 16.0. The van der Waals surface area contributed by atoms with Gasteiger partial charge in [0.2, 0.25) is 0 Å². The standard InChI is InChI=1S/C31H37N3O6S2/c1-23-15-14-20-28(25(23)3)34(42(38,39)27-18-12-9-13-19-27)29(32-30(35)40-31(4,5)6)22-21-24(2)33(7)41(36,37)26-16-10-8-11-17-26/h8-22H,1-7H3,(H,32,35)/b24-21+,29-22-. The lowest BCUT2D eigenvalue weighted by Gasteiger charge is -2.30. The van der Waals surface area contributed by atoms with Crippen LogP contribution in [0.2, 0.25) is 0 Å². The third-order valence-electron chi connectivity index (χ3n) is 6.30. The topological polar surface area (TPSA) is 113 Å². The van der Waals surface area contributed by atoms with Crippen LogP contribution in [0.15, 0.2) is 112 Å². The van der Waals surface area contributed by atoms with Crippen molar-refractivity contribution in [2.75, 3.05) is 11.4 Å². The maximum Gasteiger partial charge on any atom is 0.413 e. The van der Waals surface area contributed by atoms with E-state index in [1.807, 2.05) is 13.0 Å². The molecule has 0 fully saturated rings. The van der Waals surface area contributed by atoms with Crippen molar-refractivity contribution < 1.29 is 26.4 Å². The number of sulfonamides is 2. The number of rotatable bonds is 9. The van der Waals surface area contributed by atoms with Gasteiger partial charge in [0.25, 0.3) is 20.0 Å². The van der Waals surface area contributed by atoms with Crippen molar-refractivity contribution in [1.82, 2.24) is 9.62 Å². The molecule has 42 heavy (non-hydrogen) atoms. The molecular formula is C31H37N3O6S2. The van der Waals surface area contributed by atoms with Crippen LogP contribution in [-0.2, 0) is 24.8 Å². The fourth-order valence-corrected chi connectivity index (χ4v) is 6.65. The summed E-state index contributed by atoms with van der Waals surface area (Å²) < 4.78 is 62.4. The first-order valence-electron chi connectivity index (χ1n) is 13.1. The number of alkyl carbamates (subject to hydrolysis) is 1. The molecule has 0 saturated carbocycles. The van der Waals surface area contributed by atoms with E-state index in [0.29, 0.717) is 11.3 Å². The molecule has 3 rings (SSSR count). The van der Waals surface area contributed by atoms with E-state index in [0.717, 1.165) is 14.2 Å². The number of nitrogens with zero attached hydrogens (tertiary/aromatic N) is 2. The number of allylic oxidation sites excluding steroid dienone is 3. The summed E-state index contributed by atoms with van der Waals surface area (Å²) in [7, 11) is -6.79. The largest absolute Gasteiger partial charge is 0.444 e. The van der Waals surface area contributed by atoms with Gasteiger partial charge in [0.05, 0.1) is 15.5 Å². The predicted octanol–water partition coefficient (Wildman–Crippen LogP) is 6.09. The summed E-state index contributed by atoms with van der Waals surface area (Å²) >= 11 is 0. The number of hydrogen-bond donors (Lipinski definition) is 1. The zero-order chi connectivity index (χ0) is 31.3. The molecule has 0 aliphatic carbocycles. The Morgan fingerprint density at radius 1 is 0.786 bits per heavy atom. The van der Waals surface area contributed by atoms with Gasteiger partial charge in [-0.15, -0.1) is 0 Å². The van der Waals surface area contributed by atoms with Gasteiger partial charge in [0, 0.05) is 12.7 Å². The van der Waals surface area contributed by atoms with Gasteiger partial charge in [0.1, 0.15) is 11.4 Å². The fourth-order valence-electron chi connectivity index (χ4n) is 3.86. The van der Waals surface area contributed by atoms with E-state index in [9.17, 15) is 21.6 Å². The van der Waals surface area contributed by atoms with Gasteiger partial charge in [-0.25, -0.2) is 25.9 Å². The van der Waals surface area contributed by atoms with E-state index >= 15 is 0 Å². The van der Waals surface area contributed by atoms with Crippen LogP contribution in [0.4, 0.5) is 10.5 Å². The fraction of sp³-hybridized carbons (Fsp3) is 0.258. The minimum Gasteiger partial charge on any atom is -0.444 e. The molecule has 0 atom stereocenters. The quantitative estimate of drug-likeness (QED) is 0.293. The molecule has 0 aliphatic heterocycles. The van der Waals surface area contributed by atoms with Crippen LogP contribution in [0.1, 0.15) is 38.8 Å². The molecule has 0 aliphatic rings. The van der Waals surface area contributed by atoms with Crippen LogP contribution in [0.3, 0.4) is 0 Å². The lowest BCUT2D eigenvalue weighted by Crippen LogP contribution is -2.41. The Hall–Kier alpha value is -4.09. The average molecular weight is 612 g/mol. The summed E-state index contributed by atoms with van der Waals surface area (Å²) in [6, 6.07) is 21.0. The maximum absolute atomic E-state index is 14.2. The Balaban J connectivity index is 2.24. The molecule has 0 spiro atoms. The van der Waals surface area contributed by atoms with Crippen LogP contribution >= 0.6 is 0 Å². The number of ether oxygens (including phenoxy) is 1. The van der Waals surface area contributed by atoms with Gasteiger partial charge in [-0.3, -0.25) is 9.62 Å². The minimum absolute atomic E-state index is 0.00716. The molecule has 3 aromatic carbocycles. The number of anilines is 1. The van der Waals surface area contributed by atoms with E-state index in [1.165, 1.54) is 43.5 Å². The molecule has 11 heteroatoms. The second-order valence-corrected chi connectivity index (χ2v) is 14.3. The van der Waals surface area contributed by atoms with Crippen LogP contribution in [-0.4, -0.2) is 39.9 Å². The molecule has 0 aromatic heterocycles. The summed E-state index contributed by atoms with van der Waals surface area (Å²) in [6.07, 6.45) is 1.88. The molecular weight excluding hydrogens is 574 g/mol. The van der Waals surface area contributed by atoms with E-state index in [1.54, 1.807) is 83.1 Å². The molecule has 0 radical (unpaired) electrons. The highest BCUT2D eigenvalue weighted by atomic mass is 32.2. The summed E-state index contributed by atoms with van der Waals surface area (Å²) in [6.45, 7) is 10.3. The Labute approximate surface area is 249 Å². The third-order valence-corrected chi connectivity index (χ3v) is 9.92.